The first-order valence-electron chi connectivity index (χ1n) is 8.57. The summed E-state index contributed by atoms with van der Waals surface area (Å²) in [6.07, 6.45) is 1.99. The minimum atomic E-state index is -0.955. The van der Waals surface area contributed by atoms with Crippen LogP contribution in [0.3, 0.4) is 0 Å². The second kappa shape index (κ2) is 8.53. The molecule has 0 radical (unpaired) electrons. The lowest BCUT2D eigenvalue weighted by molar-refractivity contribution is -0.148. The number of aryl methyl sites for hydroxylation is 3. The molecule has 1 atom stereocenters. The molecular weight excluding hydrogens is 346 g/mol. The second-order valence-electron chi connectivity index (χ2n) is 6.31. The number of benzene rings is 1. The van der Waals surface area contributed by atoms with Crippen LogP contribution >= 0.6 is 0 Å². The monoisotopic (exact) mass is 371 g/mol. The van der Waals surface area contributed by atoms with E-state index in [2.05, 4.69) is 10.4 Å². The van der Waals surface area contributed by atoms with Gasteiger partial charge < -0.3 is 14.8 Å². The molecule has 0 aliphatic carbocycles. The van der Waals surface area contributed by atoms with E-state index in [1.54, 1.807) is 22.9 Å². The fourth-order valence-corrected chi connectivity index (χ4v) is 2.60. The number of carbonyl (C=O) groups is 2. The van der Waals surface area contributed by atoms with E-state index in [1.807, 2.05) is 33.9 Å². The third-order valence-electron chi connectivity index (χ3n) is 4.23. The summed E-state index contributed by atoms with van der Waals surface area (Å²) in [5, 5.41) is 7.01. The molecule has 2 rings (SSSR count). The molecule has 1 aromatic carbocycles. The molecule has 0 unspecified atom stereocenters. The fraction of sp³-hybridized carbons (Fsp3) is 0.350. The molecule has 1 amide bonds. The molecule has 0 spiro atoms. The van der Waals surface area contributed by atoms with Crippen molar-refractivity contribution in [1.82, 2.24) is 9.78 Å². The molecule has 1 aromatic heterocycles. The predicted molar refractivity (Wildman–Crippen MR) is 104 cm³/mol. The van der Waals surface area contributed by atoms with Gasteiger partial charge >= 0.3 is 5.97 Å². The number of nitrogens with zero attached hydrogens (tertiary/aromatic N) is 2. The lowest BCUT2D eigenvalue weighted by atomic mass is 10.2. The summed E-state index contributed by atoms with van der Waals surface area (Å²) in [5.41, 5.74) is 4.12. The number of nitrogens with one attached hydrogen (secondary N) is 1. The number of hydrogen-bond acceptors (Lipinski definition) is 5. The summed E-state index contributed by atoms with van der Waals surface area (Å²) in [7, 11) is 3.36. The van der Waals surface area contributed by atoms with Crippen molar-refractivity contribution in [2.45, 2.75) is 33.8 Å². The highest BCUT2D eigenvalue weighted by atomic mass is 16.5. The largest absolute Gasteiger partial charge is 0.495 e. The van der Waals surface area contributed by atoms with Gasteiger partial charge in [-0.15, -0.1) is 0 Å². The van der Waals surface area contributed by atoms with Crippen LogP contribution in [0.25, 0.3) is 6.08 Å². The van der Waals surface area contributed by atoms with Crippen molar-refractivity contribution < 1.29 is 19.1 Å². The van der Waals surface area contributed by atoms with Gasteiger partial charge in [0.15, 0.2) is 6.10 Å². The number of anilines is 1. The highest BCUT2D eigenvalue weighted by molar-refractivity contribution is 5.97. The number of rotatable bonds is 6. The standard InChI is InChI=1S/C20H25N3O4/c1-12-7-9-18(26-6)17(11-12)21-20(25)15(4)27-19(24)10-8-16-13(2)22-23(5)14(16)3/h7-11,15H,1-6H3,(H,21,25)/b10-8+/t15-/m0/s1. The Morgan fingerprint density at radius 3 is 2.56 bits per heavy atom. The van der Waals surface area contributed by atoms with Gasteiger partial charge in [0.1, 0.15) is 5.75 Å². The van der Waals surface area contributed by atoms with Crippen molar-refractivity contribution in [3.05, 3.63) is 46.8 Å². The Kier molecular flexibility index (Phi) is 6.39. The summed E-state index contributed by atoms with van der Waals surface area (Å²) >= 11 is 0. The average molecular weight is 371 g/mol. The number of amides is 1. The zero-order valence-electron chi connectivity index (χ0n) is 16.5. The van der Waals surface area contributed by atoms with E-state index >= 15 is 0 Å². The van der Waals surface area contributed by atoms with Crippen molar-refractivity contribution in [3.8, 4) is 5.75 Å². The van der Waals surface area contributed by atoms with E-state index in [0.29, 0.717) is 11.4 Å². The van der Waals surface area contributed by atoms with Crippen LogP contribution in [0, 0.1) is 20.8 Å². The van der Waals surface area contributed by atoms with E-state index in [1.165, 1.54) is 20.1 Å². The van der Waals surface area contributed by atoms with Crippen molar-refractivity contribution >= 4 is 23.6 Å². The van der Waals surface area contributed by atoms with Gasteiger partial charge in [-0.1, -0.05) is 6.07 Å². The quantitative estimate of drug-likeness (QED) is 0.624. The van der Waals surface area contributed by atoms with E-state index in [0.717, 1.165) is 22.5 Å². The molecule has 1 heterocycles. The van der Waals surface area contributed by atoms with Crippen molar-refractivity contribution in [1.29, 1.82) is 0 Å². The van der Waals surface area contributed by atoms with E-state index in [4.69, 9.17) is 9.47 Å². The zero-order chi connectivity index (χ0) is 20.1. The lowest BCUT2D eigenvalue weighted by Gasteiger charge is -2.15. The van der Waals surface area contributed by atoms with Gasteiger partial charge in [0.2, 0.25) is 0 Å². The Balaban J connectivity index is 2.00. The maximum atomic E-state index is 12.3. The normalized spacial score (nSPS) is 12.1. The van der Waals surface area contributed by atoms with Gasteiger partial charge in [0, 0.05) is 24.4 Å². The second-order valence-corrected chi connectivity index (χ2v) is 6.31. The summed E-state index contributed by atoms with van der Waals surface area (Å²) in [6.45, 7) is 7.20. The van der Waals surface area contributed by atoms with Gasteiger partial charge in [0.05, 0.1) is 18.5 Å². The zero-order valence-corrected chi connectivity index (χ0v) is 16.5. The molecule has 0 aliphatic heterocycles. The molecular formula is C20H25N3O4. The summed E-state index contributed by atoms with van der Waals surface area (Å²) in [5.74, 6) is -0.499. The lowest BCUT2D eigenvalue weighted by Crippen LogP contribution is -2.29. The van der Waals surface area contributed by atoms with E-state index in [9.17, 15) is 9.59 Å². The first-order chi connectivity index (χ1) is 12.7. The van der Waals surface area contributed by atoms with Crippen molar-refractivity contribution in [3.63, 3.8) is 0 Å². The van der Waals surface area contributed by atoms with E-state index in [-0.39, 0.29) is 0 Å². The minimum Gasteiger partial charge on any atom is -0.495 e. The number of esters is 1. The van der Waals surface area contributed by atoms with Crippen LogP contribution in [0.2, 0.25) is 0 Å². The molecule has 0 saturated carbocycles. The molecule has 7 nitrogen and oxygen atoms in total. The fourth-order valence-electron chi connectivity index (χ4n) is 2.60. The Morgan fingerprint density at radius 1 is 1.26 bits per heavy atom. The van der Waals surface area contributed by atoms with Gasteiger partial charge in [-0.25, -0.2) is 4.79 Å². The number of hydrogen-bond donors (Lipinski definition) is 1. The molecule has 0 saturated heterocycles. The maximum Gasteiger partial charge on any atom is 0.331 e. The van der Waals surface area contributed by atoms with Crippen LogP contribution in [0.4, 0.5) is 5.69 Å². The minimum absolute atomic E-state index is 0.436. The van der Waals surface area contributed by atoms with Gasteiger partial charge in [-0.2, -0.15) is 5.10 Å². The maximum absolute atomic E-state index is 12.3. The van der Waals surface area contributed by atoms with Crippen LogP contribution in [0.1, 0.15) is 29.4 Å². The van der Waals surface area contributed by atoms with Crippen LogP contribution in [-0.4, -0.2) is 34.9 Å². The topological polar surface area (TPSA) is 82.4 Å². The van der Waals surface area contributed by atoms with E-state index < -0.39 is 18.0 Å². The number of methoxy groups -OCH3 is 1. The Hall–Kier alpha value is -3.09. The summed E-state index contributed by atoms with van der Waals surface area (Å²) in [4.78, 5) is 24.4. The van der Waals surface area contributed by atoms with Crippen LogP contribution in [0.15, 0.2) is 24.3 Å². The number of carbonyl (C=O) groups excluding carboxylic acids is 2. The molecule has 0 bridgehead atoms. The summed E-state index contributed by atoms with van der Waals surface area (Å²) < 4.78 is 12.2. The highest BCUT2D eigenvalue weighted by Gasteiger charge is 2.18. The molecule has 144 valence electrons. The third kappa shape index (κ3) is 4.97. The summed E-state index contributed by atoms with van der Waals surface area (Å²) in [6, 6.07) is 5.44. The smallest absolute Gasteiger partial charge is 0.331 e. The Labute approximate surface area is 159 Å². The van der Waals surface area contributed by atoms with Gasteiger partial charge in [0.25, 0.3) is 5.91 Å². The molecule has 7 heteroatoms. The first-order valence-corrected chi connectivity index (χ1v) is 8.57. The molecule has 27 heavy (non-hydrogen) atoms. The van der Waals surface area contributed by atoms with Crippen LogP contribution < -0.4 is 10.1 Å². The van der Waals surface area contributed by atoms with Crippen molar-refractivity contribution in [2.24, 2.45) is 7.05 Å². The average Bonchev–Trinajstić information content (AvgIpc) is 2.85. The Morgan fingerprint density at radius 2 is 1.96 bits per heavy atom. The van der Waals surface area contributed by atoms with Crippen LogP contribution in [0.5, 0.6) is 5.75 Å². The first kappa shape index (κ1) is 20.2. The third-order valence-corrected chi connectivity index (χ3v) is 4.23. The predicted octanol–water partition coefficient (Wildman–Crippen LogP) is 2.94. The van der Waals surface area contributed by atoms with Gasteiger partial charge in [-0.05, 0) is 51.5 Å². The SMILES string of the molecule is COc1ccc(C)cc1NC(=O)[C@H](C)OC(=O)/C=C/c1c(C)nn(C)c1C. The molecule has 1 N–H and O–H groups in total. The highest BCUT2D eigenvalue weighted by Crippen LogP contribution is 2.25. The molecule has 2 aromatic rings. The number of aromatic nitrogens is 2. The Bertz CT molecular complexity index is 884. The van der Waals surface area contributed by atoms with Crippen molar-refractivity contribution in [2.75, 3.05) is 12.4 Å². The number of ether oxygens (including phenoxy) is 2. The van der Waals surface area contributed by atoms with Crippen LogP contribution in [-0.2, 0) is 21.4 Å². The van der Waals surface area contributed by atoms with Gasteiger partial charge in [-0.3, -0.25) is 9.48 Å². The molecule has 0 aliphatic rings. The molecule has 0 fully saturated rings.